The molecule has 0 aliphatic carbocycles. The maximum atomic E-state index is 14.9. The molecule has 2 heterocycles. The van der Waals surface area contributed by atoms with Crippen molar-refractivity contribution < 1.29 is 22.6 Å². The number of hydrogen-bond donors (Lipinski definition) is 1. The third-order valence-corrected chi connectivity index (χ3v) is 6.40. The first-order chi connectivity index (χ1) is 19.3. The first-order valence-electron chi connectivity index (χ1n) is 12.6. The van der Waals surface area contributed by atoms with Crippen molar-refractivity contribution in [2.24, 2.45) is 0 Å². The molecule has 0 aliphatic heterocycles. The number of H-pyrrole nitrogens is 1. The Balaban J connectivity index is 0.00000181. The first-order valence-corrected chi connectivity index (χ1v) is 13.4. The molecule has 0 aliphatic rings. The zero-order valence-corrected chi connectivity index (χ0v) is 23.2. The van der Waals surface area contributed by atoms with Crippen molar-refractivity contribution in [2.45, 2.75) is 32.0 Å². The van der Waals surface area contributed by atoms with Gasteiger partial charge in [-0.2, -0.15) is 13.2 Å². The van der Waals surface area contributed by atoms with Crippen molar-refractivity contribution in [3.63, 3.8) is 0 Å². The summed E-state index contributed by atoms with van der Waals surface area (Å²) in [6.07, 6.45) is -5.62. The van der Waals surface area contributed by atoms with Gasteiger partial charge in [-0.05, 0) is 47.5 Å². The van der Waals surface area contributed by atoms with Gasteiger partial charge in [-0.3, -0.25) is 4.98 Å². The Hall–Kier alpha value is -3.88. The van der Waals surface area contributed by atoms with E-state index in [-0.39, 0.29) is 5.75 Å². The van der Waals surface area contributed by atoms with E-state index in [4.69, 9.17) is 33.3 Å². The fraction of sp³-hybridized carbons (Fsp3) is 0.161. The number of nitrogens with one attached hydrogen (secondary N) is 1. The van der Waals surface area contributed by atoms with Gasteiger partial charge in [-0.15, -0.1) is 0 Å². The third kappa shape index (κ3) is 6.63. The zero-order chi connectivity index (χ0) is 28.7. The minimum Gasteiger partial charge on any atom is -0.443 e. The van der Waals surface area contributed by atoms with E-state index in [0.29, 0.717) is 38.4 Å². The lowest BCUT2D eigenvalue weighted by molar-refractivity contribution is -0.204. The van der Waals surface area contributed by atoms with E-state index in [9.17, 15) is 13.2 Å². The zero-order valence-electron chi connectivity index (χ0n) is 21.7. The van der Waals surface area contributed by atoms with Crippen LogP contribution in [0, 0.1) is 0 Å². The molecule has 0 saturated heterocycles. The van der Waals surface area contributed by atoms with Gasteiger partial charge in [0.25, 0.3) is 0 Å². The summed E-state index contributed by atoms with van der Waals surface area (Å²) in [5, 5.41) is 0.355. The van der Waals surface area contributed by atoms with E-state index >= 15 is 0 Å². The Kier molecular flexibility index (Phi) is 9.45. The third-order valence-electron chi connectivity index (χ3n) is 5.98. The molecule has 1 N–H and O–H groups in total. The van der Waals surface area contributed by atoms with Crippen molar-refractivity contribution in [1.29, 1.82) is 0 Å². The molecule has 0 spiro atoms. The van der Waals surface area contributed by atoms with E-state index in [2.05, 4.69) is 9.97 Å². The van der Waals surface area contributed by atoms with Gasteiger partial charge in [0, 0.05) is 34.3 Å². The van der Waals surface area contributed by atoms with E-state index in [0.717, 1.165) is 0 Å². The lowest BCUT2D eigenvalue weighted by atomic mass is 9.83. The molecule has 0 saturated carbocycles. The fourth-order valence-corrected chi connectivity index (χ4v) is 4.79. The summed E-state index contributed by atoms with van der Waals surface area (Å²) in [4.78, 5) is 7.64. The van der Waals surface area contributed by atoms with Gasteiger partial charge in [0.05, 0.1) is 17.3 Å². The molecule has 4 nitrogen and oxygen atoms in total. The van der Waals surface area contributed by atoms with E-state index < -0.39 is 23.4 Å². The van der Waals surface area contributed by atoms with E-state index in [1.807, 2.05) is 13.8 Å². The minimum absolute atomic E-state index is 0.269. The number of para-hydroxylation sites is 1. The molecular formula is C31H26ClF3N2O2S. The highest BCUT2D eigenvalue weighted by molar-refractivity contribution is 7.79. The number of hydrogen-bond acceptors (Lipinski definition) is 4. The number of aromatic nitrogens is 2. The largest absolute Gasteiger partial charge is 0.443 e. The predicted molar refractivity (Wildman–Crippen MR) is 157 cm³/mol. The van der Waals surface area contributed by atoms with Gasteiger partial charge >= 0.3 is 11.4 Å². The average molecular weight is 583 g/mol. The molecule has 2 aromatic heterocycles. The average Bonchev–Trinajstić information content (AvgIpc) is 3.33. The number of thiocarbonyl (C=S) groups is 1. The van der Waals surface area contributed by atoms with Crippen LogP contribution >= 0.6 is 23.8 Å². The Labute approximate surface area is 240 Å². The van der Waals surface area contributed by atoms with Crippen LogP contribution in [0.5, 0.6) is 5.75 Å². The molecule has 3 aromatic carbocycles. The number of pyridine rings is 1. The van der Waals surface area contributed by atoms with Crippen LogP contribution in [0.2, 0.25) is 5.02 Å². The van der Waals surface area contributed by atoms with Crippen molar-refractivity contribution in [1.82, 2.24) is 9.97 Å². The van der Waals surface area contributed by atoms with Gasteiger partial charge < -0.3 is 14.5 Å². The molecule has 40 heavy (non-hydrogen) atoms. The second-order valence-electron chi connectivity index (χ2n) is 8.45. The number of benzene rings is 3. The van der Waals surface area contributed by atoms with Gasteiger partial charge in [-0.25, -0.2) is 0 Å². The normalized spacial score (nSPS) is 12.7. The molecule has 2 atom stereocenters. The van der Waals surface area contributed by atoms with Crippen LogP contribution in [-0.4, -0.2) is 27.5 Å². The number of halogens is 4. The molecule has 0 radical (unpaired) electrons. The summed E-state index contributed by atoms with van der Waals surface area (Å²) < 4.78 is 55.5. The summed E-state index contributed by atoms with van der Waals surface area (Å²) in [6.45, 7) is 4.00. The van der Waals surface area contributed by atoms with E-state index in [1.54, 1.807) is 103 Å². The summed E-state index contributed by atoms with van der Waals surface area (Å²) in [5.41, 5.74) is 2.19. The molecule has 206 valence electrons. The van der Waals surface area contributed by atoms with Crippen molar-refractivity contribution in [3.05, 3.63) is 119 Å². The molecule has 5 rings (SSSR count). The molecule has 2 unspecified atom stereocenters. The van der Waals surface area contributed by atoms with Crippen LogP contribution in [0.1, 0.15) is 30.9 Å². The van der Waals surface area contributed by atoms with Gasteiger partial charge in [0.15, 0.2) is 0 Å². The number of ether oxygens (including phenoxy) is 2. The Morgan fingerprint density at radius 1 is 0.900 bits per heavy atom. The lowest BCUT2D eigenvalue weighted by Gasteiger charge is -2.30. The number of aromatic amines is 1. The highest BCUT2D eigenvalue weighted by atomic mass is 35.5. The highest BCUT2D eigenvalue weighted by Gasteiger charge is 2.50. The summed E-state index contributed by atoms with van der Waals surface area (Å²) in [7, 11) is 0. The number of rotatable bonds is 6. The predicted octanol–water partition coefficient (Wildman–Crippen LogP) is 9.35. The fourth-order valence-electron chi connectivity index (χ4n) is 4.42. The Morgan fingerprint density at radius 3 is 2.17 bits per heavy atom. The SMILES string of the molecule is CC.FC(F)(F)C(OC(=S)Oc1ccccc1)C(c1ccccc1)c1c(-c2ccccn2)[nH]c2cc(Cl)ccc12. The smallest absolute Gasteiger partial charge is 0.426 e. The Morgan fingerprint density at radius 2 is 1.55 bits per heavy atom. The number of fused-ring (bicyclic) bond motifs is 1. The number of nitrogens with zero attached hydrogens (tertiary/aromatic N) is 1. The van der Waals surface area contributed by atoms with Crippen molar-refractivity contribution >= 4 is 40.0 Å². The quantitative estimate of drug-likeness (QED) is 0.203. The molecule has 9 heteroatoms. The van der Waals surface area contributed by atoms with Crippen molar-refractivity contribution in [2.75, 3.05) is 0 Å². The van der Waals surface area contributed by atoms with Crippen LogP contribution in [0.15, 0.2) is 103 Å². The molecule has 0 bridgehead atoms. The highest BCUT2D eigenvalue weighted by Crippen LogP contribution is 2.45. The topological polar surface area (TPSA) is 47.1 Å². The second-order valence-corrected chi connectivity index (χ2v) is 9.22. The summed E-state index contributed by atoms with van der Waals surface area (Å²) in [5.74, 6) is -1.06. The maximum absolute atomic E-state index is 14.9. The van der Waals surface area contributed by atoms with Gasteiger partial charge in [0.1, 0.15) is 5.75 Å². The standard InChI is InChI=1S/C29H20ClF3N2O2S.C2H6/c30-19-14-15-21-23(17-19)35-26(22-13-7-8-16-34-22)25(21)24(18-9-3-1-4-10-18)27(29(31,32)33)37-28(38)36-20-11-5-2-6-12-20;1-2/h1-17,24,27,35H;1-2H3. The van der Waals surface area contributed by atoms with Crippen LogP contribution in [0.25, 0.3) is 22.3 Å². The van der Waals surface area contributed by atoms with Gasteiger partial charge in [0.2, 0.25) is 6.10 Å². The summed E-state index contributed by atoms with van der Waals surface area (Å²) >= 11 is 11.4. The molecular weight excluding hydrogens is 557 g/mol. The van der Waals surface area contributed by atoms with Gasteiger partial charge in [-0.1, -0.05) is 86.1 Å². The first kappa shape index (κ1) is 29.1. The Bertz CT molecular complexity index is 1550. The molecule has 0 fully saturated rings. The second kappa shape index (κ2) is 13.0. The number of alkyl halides is 3. The molecule has 5 aromatic rings. The van der Waals surface area contributed by atoms with Crippen LogP contribution < -0.4 is 4.74 Å². The van der Waals surface area contributed by atoms with Crippen molar-refractivity contribution in [3.8, 4) is 17.1 Å². The maximum Gasteiger partial charge on any atom is 0.426 e. The lowest BCUT2D eigenvalue weighted by Crippen LogP contribution is -2.40. The molecule has 0 amide bonds. The van der Waals surface area contributed by atoms with Crippen LogP contribution in [0.4, 0.5) is 13.2 Å². The van der Waals surface area contributed by atoms with Crippen LogP contribution in [-0.2, 0) is 4.74 Å². The monoisotopic (exact) mass is 582 g/mol. The summed E-state index contributed by atoms with van der Waals surface area (Å²) in [6, 6.07) is 26.9. The minimum atomic E-state index is -4.82. The van der Waals surface area contributed by atoms with Crippen LogP contribution in [0.3, 0.4) is 0 Å². The van der Waals surface area contributed by atoms with E-state index in [1.165, 1.54) is 0 Å².